The van der Waals surface area contributed by atoms with Crippen molar-refractivity contribution in [3.8, 4) is 34.5 Å². The molecule has 0 aromatic heterocycles. The largest absolute Gasteiger partial charge is 0.508 e. The molecule has 57 heavy (non-hydrogen) atoms. The number of hydrogen-bond donors (Lipinski definition) is 2. The normalized spacial score (nSPS) is 19.9. The molecule has 0 radical (unpaired) electrons. The molecule has 8 nitrogen and oxygen atoms in total. The van der Waals surface area contributed by atoms with Crippen molar-refractivity contribution in [3.63, 3.8) is 0 Å². The van der Waals surface area contributed by atoms with Crippen molar-refractivity contribution in [2.45, 2.75) is 51.1 Å². The van der Waals surface area contributed by atoms with Gasteiger partial charge in [-0.3, -0.25) is 0 Å². The Balaban J connectivity index is 0.796. The van der Waals surface area contributed by atoms with E-state index in [9.17, 15) is 10.2 Å². The highest BCUT2D eigenvalue weighted by Gasteiger charge is 2.42. The Kier molecular flexibility index (Phi) is 10.5. The van der Waals surface area contributed by atoms with Crippen LogP contribution in [-0.4, -0.2) is 36.6 Å². The van der Waals surface area contributed by atoms with Crippen LogP contribution < -0.4 is 9.47 Å². The fraction of sp³-hybridized carbons (Fsp3) is 0.265. The third kappa shape index (κ3) is 8.41. The van der Waals surface area contributed by atoms with Crippen LogP contribution in [0.3, 0.4) is 0 Å². The lowest BCUT2D eigenvalue weighted by Crippen LogP contribution is -2.49. The zero-order valence-corrected chi connectivity index (χ0v) is 32.7. The number of rotatable bonds is 10. The maximum atomic E-state index is 9.68. The number of benzene rings is 6. The van der Waals surface area contributed by atoms with Gasteiger partial charge in [0, 0.05) is 22.0 Å². The Morgan fingerprint density at radius 2 is 0.649 bits per heavy atom. The van der Waals surface area contributed by atoms with Crippen molar-refractivity contribution >= 4 is 0 Å². The minimum absolute atomic E-state index is 0.224. The summed E-state index contributed by atoms with van der Waals surface area (Å²) in [6.07, 6.45) is -0.975. The van der Waals surface area contributed by atoms with E-state index in [0.717, 1.165) is 56.4 Å². The van der Waals surface area contributed by atoms with E-state index in [1.54, 1.807) is 24.3 Å². The van der Waals surface area contributed by atoms with Crippen molar-refractivity contribution in [2.75, 3.05) is 26.4 Å². The van der Waals surface area contributed by atoms with Crippen molar-refractivity contribution in [1.82, 2.24) is 0 Å². The first-order valence-corrected chi connectivity index (χ1v) is 19.3. The molecule has 6 aromatic rings. The molecule has 2 aliphatic heterocycles. The van der Waals surface area contributed by atoms with Gasteiger partial charge in [-0.2, -0.15) is 0 Å². The van der Waals surface area contributed by atoms with E-state index in [0.29, 0.717) is 26.4 Å². The highest BCUT2D eigenvalue weighted by molar-refractivity contribution is 5.44. The van der Waals surface area contributed by atoms with Crippen LogP contribution in [0.15, 0.2) is 146 Å². The first-order valence-electron chi connectivity index (χ1n) is 19.3. The lowest BCUT2D eigenvalue weighted by Gasteiger charge is -2.43. The molecular formula is C49H48O8. The van der Waals surface area contributed by atoms with E-state index in [4.69, 9.17) is 28.4 Å². The standard InChI is InChI=1S/C49H48O8/c1-47(2,35-9-17-39(50)18-10-35)37-13-25-43(26-14-37)56-41-21-5-33(6-22-41)45-52-29-49(30-53-45)31-54-46(55-32-49)34-7-23-42(24-8-34)57-44-27-15-38(16-28-44)48(3,4)36-11-19-40(51)20-12-36/h5-28,45-46,50-51H,29-32H2,1-4H3. The second-order valence-electron chi connectivity index (χ2n) is 16.1. The van der Waals surface area contributed by atoms with Gasteiger partial charge in [-0.15, -0.1) is 0 Å². The second kappa shape index (κ2) is 15.7. The molecule has 2 N–H and O–H groups in total. The molecule has 0 bridgehead atoms. The van der Waals surface area contributed by atoms with Gasteiger partial charge >= 0.3 is 0 Å². The van der Waals surface area contributed by atoms with Crippen LogP contribution in [-0.2, 0) is 29.8 Å². The molecule has 0 saturated carbocycles. The summed E-state index contributed by atoms with van der Waals surface area (Å²) >= 11 is 0. The summed E-state index contributed by atoms with van der Waals surface area (Å²) in [5.41, 5.74) is 5.53. The first-order chi connectivity index (χ1) is 27.5. The third-order valence-corrected chi connectivity index (χ3v) is 11.3. The molecule has 292 valence electrons. The van der Waals surface area contributed by atoms with Gasteiger partial charge in [0.25, 0.3) is 0 Å². The zero-order valence-electron chi connectivity index (χ0n) is 32.7. The van der Waals surface area contributed by atoms with E-state index in [2.05, 4.69) is 52.0 Å². The average molecular weight is 765 g/mol. The zero-order chi connectivity index (χ0) is 39.6. The second-order valence-corrected chi connectivity index (χ2v) is 16.1. The molecule has 0 atom stereocenters. The summed E-state index contributed by atoms with van der Waals surface area (Å²) in [4.78, 5) is 0. The summed E-state index contributed by atoms with van der Waals surface area (Å²) in [5.74, 6) is 3.45. The lowest BCUT2D eigenvalue weighted by atomic mass is 9.78. The van der Waals surface area contributed by atoms with Crippen LogP contribution in [0, 0.1) is 5.41 Å². The van der Waals surface area contributed by atoms with Gasteiger partial charge in [0.05, 0.1) is 31.8 Å². The molecule has 2 saturated heterocycles. The smallest absolute Gasteiger partial charge is 0.183 e. The van der Waals surface area contributed by atoms with Gasteiger partial charge in [-0.05, 0) is 95.1 Å². The van der Waals surface area contributed by atoms with Crippen molar-refractivity contribution in [1.29, 1.82) is 0 Å². The van der Waals surface area contributed by atoms with Crippen LogP contribution in [0.1, 0.15) is 73.7 Å². The molecule has 1 spiro atoms. The van der Waals surface area contributed by atoms with Crippen LogP contribution >= 0.6 is 0 Å². The average Bonchev–Trinajstić information content (AvgIpc) is 3.23. The van der Waals surface area contributed by atoms with Crippen molar-refractivity contribution < 1.29 is 38.6 Å². The summed E-state index contributed by atoms with van der Waals surface area (Å²) in [7, 11) is 0. The molecule has 6 aromatic carbocycles. The molecular weight excluding hydrogens is 717 g/mol. The van der Waals surface area contributed by atoms with Crippen molar-refractivity contribution in [3.05, 3.63) is 179 Å². The molecule has 0 unspecified atom stereocenters. The molecule has 0 amide bonds. The minimum Gasteiger partial charge on any atom is -0.508 e. The SMILES string of the molecule is CC(C)(c1ccc(O)cc1)c1ccc(Oc2ccc(C3OCC4(CO3)COC(c3ccc(Oc5ccc(C(C)(C)c6ccc(O)cc6)cc5)cc3)OC4)cc2)cc1. The summed E-state index contributed by atoms with van der Waals surface area (Å²) < 4.78 is 37.1. The minimum atomic E-state index is -0.488. The van der Waals surface area contributed by atoms with Crippen LogP contribution in [0.4, 0.5) is 0 Å². The van der Waals surface area contributed by atoms with Gasteiger partial charge in [0.2, 0.25) is 0 Å². The van der Waals surface area contributed by atoms with E-state index in [-0.39, 0.29) is 27.7 Å². The van der Waals surface area contributed by atoms with Gasteiger partial charge in [0.1, 0.15) is 34.5 Å². The van der Waals surface area contributed by atoms with Gasteiger partial charge in [0.15, 0.2) is 12.6 Å². The summed E-state index contributed by atoms with van der Waals surface area (Å²) in [6.45, 7) is 10.5. The quantitative estimate of drug-likeness (QED) is 0.142. The Hall–Kier alpha value is -5.64. The van der Waals surface area contributed by atoms with Crippen LogP contribution in [0.5, 0.6) is 34.5 Å². The maximum absolute atomic E-state index is 9.68. The fourth-order valence-corrected chi connectivity index (χ4v) is 7.37. The highest BCUT2D eigenvalue weighted by Crippen LogP contribution is 2.40. The summed E-state index contributed by atoms with van der Waals surface area (Å²) in [5, 5.41) is 19.4. The molecule has 8 heteroatoms. The Morgan fingerprint density at radius 1 is 0.404 bits per heavy atom. The predicted molar refractivity (Wildman–Crippen MR) is 218 cm³/mol. The number of ether oxygens (including phenoxy) is 6. The van der Waals surface area contributed by atoms with E-state index in [1.165, 1.54) is 0 Å². The number of phenolic OH excluding ortho intramolecular Hbond substituents is 2. The number of aromatic hydroxyl groups is 2. The third-order valence-electron chi connectivity index (χ3n) is 11.3. The Labute approximate surface area is 334 Å². The highest BCUT2D eigenvalue weighted by atomic mass is 16.7. The van der Waals surface area contributed by atoms with Gasteiger partial charge < -0.3 is 38.6 Å². The van der Waals surface area contributed by atoms with Gasteiger partial charge in [-0.25, -0.2) is 0 Å². The molecule has 2 fully saturated rings. The molecule has 0 aliphatic carbocycles. The monoisotopic (exact) mass is 764 g/mol. The molecule has 2 heterocycles. The topological polar surface area (TPSA) is 95.8 Å². The number of hydrogen-bond acceptors (Lipinski definition) is 8. The van der Waals surface area contributed by atoms with Crippen LogP contribution in [0.25, 0.3) is 0 Å². The molecule has 8 rings (SSSR count). The summed E-state index contributed by atoms with van der Waals surface area (Å²) in [6, 6.07) is 46.5. The lowest BCUT2D eigenvalue weighted by molar-refractivity contribution is -0.307. The van der Waals surface area contributed by atoms with Crippen molar-refractivity contribution in [2.24, 2.45) is 5.41 Å². The predicted octanol–water partition coefficient (Wildman–Crippen LogP) is 11.1. The fourth-order valence-electron chi connectivity index (χ4n) is 7.37. The Bertz CT molecular complexity index is 2060. The Morgan fingerprint density at radius 3 is 0.930 bits per heavy atom. The maximum Gasteiger partial charge on any atom is 0.183 e. The van der Waals surface area contributed by atoms with E-state index < -0.39 is 12.6 Å². The first kappa shape index (κ1) is 38.2. The van der Waals surface area contributed by atoms with E-state index >= 15 is 0 Å². The van der Waals surface area contributed by atoms with E-state index in [1.807, 2.05) is 97.1 Å². The van der Waals surface area contributed by atoms with Gasteiger partial charge in [-0.1, -0.05) is 100 Å². The van der Waals surface area contributed by atoms with Crippen LogP contribution in [0.2, 0.25) is 0 Å². The number of phenols is 2. The molecule has 2 aliphatic rings.